The first-order valence-corrected chi connectivity index (χ1v) is 16.2. The molecule has 0 amide bonds. The average Bonchev–Trinajstić information content (AvgIpc) is 3.23. The van der Waals surface area contributed by atoms with Crippen LogP contribution >= 0.6 is 0 Å². The molecule has 9 heteroatoms. The number of aliphatic hydroxyl groups excluding tert-OH is 2. The van der Waals surface area contributed by atoms with E-state index in [1.54, 1.807) is 0 Å². The van der Waals surface area contributed by atoms with E-state index in [0.717, 1.165) is 19.3 Å². The van der Waals surface area contributed by atoms with E-state index in [0.29, 0.717) is 19.3 Å². The maximum absolute atomic E-state index is 12.6. The van der Waals surface area contributed by atoms with Gasteiger partial charge in [-0.2, -0.15) is 0 Å². The van der Waals surface area contributed by atoms with Crippen molar-refractivity contribution in [3.63, 3.8) is 0 Å². The van der Waals surface area contributed by atoms with Gasteiger partial charge in [0.1, 0.15) is 23.9 Å². The number of carbonyl (C=O) groups excluding carboxylic acids is 2. The Kier molecular flexibility index (Phi) is 7.83. The van der Waals surface area contributed by atoms with Crippen molar-refractivity contribution in [2.45, 2.75) is 137 Å². The first-order valence-electron chi connectivity index (χ1n) is 16.2. The molecule has 1 saturated heterocycles. The predicted molar refractivity (Wildman–Crippen MR) is 158 cm³/mol. The Morgan fingerprint density at radius 2 is 1.53 bits per heavy atom. The van der Waals surface area contributed by atoms with Gasteiger partial charge in [-0.15, -0.1) is 0 Å². The van der Waals surface area contributed by atoms with Gasteiger partial charge in [-0.1, -0.05) is 46.3 Å². The first kappa shape index (κ1) is 32.9. The molecule has 4 aliphatic carbocycles. The molecule has 9 nitrogen and oxygen atoms in total. The van der Waals surface area contributed by atoms with E-state index in [9.17, 15) is 30.0 Å². The fourth-order valence-electron chi connectivity index (χ4n) is 11.1. The van der Waals surface area contributed by atoms with Crippen molar-refractivity contribution in [2.75, 3.05) is 6.61 Å². The summed E-state index contributed by atoms with van der Waals surface area (Å²) in [5, 5.41) is 43.9. The van der Waals surface area contributed by atoms with Crippen molar-refractivity contribution in [3.05, 3.63) is 11.6 Å². The van der Waals surface area contributed by atoms with Crippen LogP contribution in [0.4, 0.5) is 0 Å². The van der Waals surface area contributed by atoms with Gasteiger partial charge in [-0.3, -0.25) is 9.59 Å². The number of carbonyl (C=O) groups is 2. The molecule has 12 atom stereocenters. The fraction of sp³-hybridized carbons (Fsp3) is 0.882. The van der Waals surface area contributed by atoms with Crippen molar-refractivity contribution >= 4 is 11.9 Å². The smallest absolute Gasteiger partial charge is 0.302 e. The van der Waals surface area contributed by atoms with E-state index in [1.165, 1.54) is 33.3 Å². The van der Waals surface area contributed by atoms with Gasteiger partial charge in [0.25, 0.3) is 0 Å². The van der Waals surface area contributed by atoms with E-state index in [-0.39, 0.29) is 47.6 Å². The molecular weight excluding hydrogens is 552 g/mol. The monoisotopic (exact) mass is 606 g/mol. The lowest BCUT2D eigenvalue weighted by Gasteiger charge is -2.70. The third kappa shape index (κ3) is 4.57. The van der Waals surface area contributed by atoms with Crippen molar-refractivity contribution in [2.24, 2.45) is 45.3 Å². The van der Waals surface area contributed by atoms with Crippen molar-refractivity contribution in [1.29, 1.82) is 0 Å². The Morgan fingerprint density at radius 3 is 2.09 bits per heavy atom. The molecule has 5 aliphatic rings. The molecule has 0 aromatic carbocycles. The Bertz CT molecular complexity index is 1170. The molecule has 0 radical (unpaired) electrons. The van der Waals surface area contributed by atoms with Gasteiger partial charge < -0.3 is 34.6 Å². The van der Waals surface area contributed by atoms with Crippen LogP contribution in [0.15, 0.2) is 11.6 Å². The molecule has 4 N–H and O–H groups in total. The van der Waals surface area contributed by atoms with Crippen molar-refractivity contribution in [1.82, 2.24) is 0 Å². The highest BCUT2D eigenvalue weighted by atomic mass is 16.7. The molecule has 3 saturated carbocycles. The second-order valence-corrected chi connectivity index (χ2v) is 16.3. The van der Waals surface area contributed by atoms with Crippen LogP contribution in [0.2, 0.25) is 0 Å². The van der Waals surface area contributed by atoms with E-state index < -0.39 is 52.0 Å². The van der Waals surface area contributed by atoms with E-state index in [2.05, 4.69) is 40.7 Å². The van der Waals surface area contributed by atoms with Crippen LogP contribution in [0.25, 0.3) is 0 Å². The van der Waals surface area contributed by atoms with Crippen LogP contribution in [0.3, 0.4) is 0 Å². The molecule has 5 rings (SSSR count). The summed E-state index contributed by atoms with van der Waals surface area (Å²) in [5.74, 6) is -2.70. The van der Waals surface area contributed by atoms with Gasteiger partial charge in [0.15, 0.2) is 0 Å². The maximum atomic E-state index is 12.6. The molecule has 0 spiro atoms. The lowest BCUT2D eigenvalue weighted by atomic mass is 9.36. The van der Waals surface area contributed by atoms with Gasteiger partial charge in [0.2, 0.25) is 5.79 Å². The second-order valence-electron chi connectivity index (χ2n) is 16.3. The zero-order chi connectivity index (χ0) is 32.1. The minimum Gasteiger partial charge on any atom is -0.462 e. The third-order valence-electron chi connectivity index (χ3n) is 13.3. The maximum Gasteiger partial charge on any atom is 0.302 e. The molecule has 0 aromatic rings. The molecule has 43 heavy (non-hydrogen) atoms. The van der Waals surface area contributed by atoms with Crippen LogP contribution in [0, 0.1) is 45.3 Å². The minimum atomic E-state index is -2.04. The summed E-state index contributed by atoms with van der Waals surface area (Å²) in [6, 6.07) is 0. The van der Waals surface area contributed by atoms with Crippen molar-refractivity contribution < 1.29 is 44.2 Å². The number of fused-ring (bicyclic) bond motifs is 5. The number of hydrogen-bond donors (Lipinski definition) is 4. The summed E-state index contributed by atoms with van der Waals surface area (Å²) in [5.41, 5.74) is -2.14. The Hall–Kier alpha value is -1.52. The van der Waals surface area contributed by atoms with Gasteiger partial charge in [-0.05, 0) is 80.5 Å². The van der Waals surface area contributed by atoms with Gasteiger partial charge in [0, 0.05) is 31.1 Å². The van der Waals surface area contributed by atoms with Crippen LogP contribution in [-0.2, 0) is 23.8 Å². The van der Waals surface area contributed by atoms with Crippen molar-refractivity contribution in [3.8, 4) is 0 Å². The van der Waals surface area contributed by atoms with Crippen LogP contribution < -0.4 is 0 Å². The van der Waals surface area contributed by atoms with Crippen LogP contribution in [0.1, 0.15) is 101 Å². The number of rotatable bonds is 4. The highest BCUT2D eigenvalue weighted by Crippen LogP contribution is 2.74. The molecule has 4 fully saturated rings. The zero-order valence-corrected chi connectivity index (χ0v) is 27.5. The summed E-state index contributed by atoms with van der Waals surface area (Å²) in [6.07, 6.45) is 3.17. The Labute approximate surface area is 256 Å². The largest absolute Gasteiger partial charge is 0.462 e. The molecule has 244 valence electrons. The zero-order valence-electron chi connectivity index (χ0n) is 27.5. The van der Waals surface area contributed by atoms with Crippen LogP contribution in [-0.4, -0.2) is 74.8 Å². The quantitative estimate of drug-likeness (QED) is 0.277. The lowest BCUT2D eigenvalue weighted by molar-refractivity contribution is -0.353. The topological polar surface area (TPSA) is 143 Å². The average molecular weight is 607 g/mol. The number of aliphatic hydroxyl groups is 4. The number of esters is 2. The summed E-state index contributed by atoms with van der Waals surface area (Å²) < 4.78 is 18.1. The predicted octanol–water partition coefficient (Wildman–Crippen LogP) is 3.89. The summed E-state index contributed by atoms with van der Waals surface area (Å²) in [6.45, 7) is 16.9. The highest BCUT2D eigenvalue weighted by Gasteiger charge is 2.72. The Balaban J connectivity index is 1.54. The molecular formula is C34H54O9. The Morgan fingerprint density at radius 1 is 0.930 bits per heavy atom. The molecule has 1 heterocycles. The fourth-order valence-corrected chi connectivity index (χ4v) is 11.1. The standard InChI is InChI=1S/C34H54O9/c1-18(35)42-27-15-24-29(3,4)25(37)16-28(43-19(2)36)33(24,9)23-12-13-31(7)21(10-11-22(31)32(23,27)8)20-14-26(38)34(40,41-17-20)30(5,6)39/h11,20-21,23-28,37-40H,10,12-17H2,1-9H3/t20-,21+,23+,24?,25-,26-,27-,28+,31+,32+,33-,34+/m1/s1. The molecule has 1 unspecified atom stereocenters. The summed E-state index contributed by atoms with van der Waals surface area (Å²) in [4.78, 5) is 25.0. The lowest BCUT2D eigenvalue weighted by Crippen LogP contribution is -2.70. The number of ether oxygens (including phenoxy) is 3. The van der Waals surface area contributed by atoms with Crippen LogP contribution in [0.5, 0.6) is 0 Å². The number of allylic oxidation sites excluding steroid dienone is 1. The van der Waals surface area contributed by atoms with Gasteiger partial charge in [-0.25, -0.2) is 0 Å². The highest BCUT2D eigenvalue weighted by molar-refractivity contribution is 5.67. The van der Waals surface area contributed by atoms with E-state index in [4.69, 9.17) is 14.2 Å². The second kappa shape index (κ2) is 10.2. The summed E-state index contributed by atoms with van der Waals surface area (Å²) >= 11 is 0. The third-order valence-corrected chi connectivity index (χ3v) is 13.3. The van der Waals surface area contributed by atoms with Gasteiger partial charge >= 0.3 is 11.9 Å². The SMILES string of the molecule is CC(=O)O[C@H]1C[C@@H](O)C(C)(C)C2C[C@@H](OC(C)=O)[C@@]3(C)C4=CC[C@@H]([C@H]5CO[C@](O)(C(C)(C)O)[C@H](O)C5)[C@]4(C)CC[C@@H]3[C@]21C. The molecule has 0 aromatic heterocycles. The van der Waals surface area contributed by atoms with E-state index >= 15 is 0 Å². The normalized spacial score (nSPS) is 49.2. The minimum absolute atomic E-state index is 0.0192. The molecule has 0 bridgehead atoms. The van der Waals surface area contributed by atoms with E-state index in [1.807, 2.05) is 0 Å². The van der Waals surface area contributed by atoms with Gasteiger partial charge in [0.05, 0.1) is 12.7 Å². The number of hydrogen-bond acceptors (Lipinski definition) is 9. The first-order chi connectivity index (χ1) is 19.6. The summed E-state index contributed by atoms with van der Waals surface area (Å²) in [7, 11) is 0. The molecule has 1 aliphatic heterocycles.